The smallest absolute Gasteiger partial charge is 0.0541 e. The maximum Gasteiger partial charge on any atom is 0.0541 e. The second-order valence-electron chi connectivity index (χ2n) is 17.8. The van der Waals surface area contributed by atoms with Crippen molar-refractivity contribution in [2.24, 2.45) is 0 Å². The highest BCUT2D eigenvalue weighted by molar-refractivity contribution is 6.12. The van der Waals surface area contributed by atoms with Gasteiger partial charge in [-0.25, -0.2) is 0 Å². The van der Waals surface area contributed by atoms with Crippen LogP contribution in [0, 0.1) is 0 Å². The maximum atomic E-state index is 2.52. The van der Waals surface area contributed by atoms with Crippen LogP contribution in [0.5, 0.6) is 0 Å². The number of nitrogens with zero attached hydrogens (tertiary/aromatic N) is 2. The molecule has 10 aromatic carbocycles. The van der Waals surface area contributed by atoms with Crippen LogP contribution in [0.3, 0.4) is 0 Å². The van der Waals surface area contributed by atoms with Crippen LogP contribution < -0.4 is 4.90 Å². The molecule has 2 nitrogen and oxygen atoms in total. The summed E-state index contributed by atoms with van der Waals surface area (Å²) < 4.78 is 2.52. The van der Waals surface area contributed by atoms with Gasteiger partial charge in [0.05, 0.1) is 16.7 Å². The molecule has 12 rings (SSSR count). The van der Waals surface area contributed by atoms with Crippen LogP contribution in [-0.4, -0.2) is 4.57 Å². The third kappa shape index (κ3) is 6.57. The second kappa shape index (κ2) is 15.6. The molecule has 1 heterocycles. The maximum absolute atomic E-state index is 2.52. The van der Waals surface area contributed by atoms with Crippen molar-refractivity contribution in [1.29, 1.82) is 0 Å². The Morgan fingerprint density at radius 2 is 0.738 bits per heavy atom. The number of anilines is 3. The molecule has 0 N–H and O–H groups in total. The highest BCUT2D eigenvalue weighted by atomic mass is 15.1. The summed E-state index contributed by atoms with van der Waals surface area (Å²) in [6, 6.07) is 88.8. The number of benzene rings is 10. The lowest BCUT2D eigenvalue weighted by Crippen LogP contribution is -2.18. The van der Waals surface area contributed by atoms with Crippen LogP contribution in [0.1, 0.15) is 25.0 Å². The zero-order valence-electron chi connectivity index (χ0n) is 36.5. The fourth-order valence-corrected chi connectivity index (χ4v) is 10.4. The van der Waals surface area contributed by atoms with Crippen LogP contribution in [0.25, 0.3) is 83.1 Å². The van der Waals surface area contributed by atoms with Crippen molar-refractivity contribution in [3.63, 3.8) is 0 Å². The highest BCUT2D eigenvalue weighted by Gasteiger charge is 2.38. The van der Waals surface area contributed by atoms with Crippen LogP contribution in [0.2, 0.25) is 0 Å². The molecule has 65 heavy (non-hydrogen) atoms. The lowest BCUT2D eigenvalue weighted by molar-refractivity contribution is 0.656. The molecule has 308 valence electrons. The molecule has 0 amide bonds. The lowest BCUT2D eigenvalue weighted by Gasteiger charge is -2.27. The van der Waals surface area contributed by atoms with E-state index in [1.54, 1.807) is 0 Å². The molecule has 0 radical (unpaired) electrons. The van der Waals surface area contributed by atoms with Crippen molar-refractivity contribution in [2.75, 3.05) is 4.90 Å². The van der Waals surface area contributed by atoms with Crippen LogP contribution >= 0.6 is 0 Å². The third-order valence-electron chi connectivity index (χ3n) is 13.6. The minimum absolute atomic E-state index is 0.163. The van der Waals surface area contributed by atoms with E-state index in [0.29, 0.717) is 0 Å². The Morgan fingerprint density at radius 1 is 0.323 bits per heavy atom. The van der Waals surface area contributed by atoms with E-state index in [1.165, 1.54) is 88.7 Å². The molecule has 1 aliphatic carbocycles. The summed E-state index contributed by atoms with van der Waals surface area (Å²) in [5.74, 6) is 0. The minimum Gasteiger partial charge on any atom is -0.310 e. The molecule has 0 spiro atoms. The van der Waals surface area contributed by atoms with Gasteiger partial charge in [-0.3, -0.25) is 0 Å². The van der Waals surface area contributed by atoms with E-state index in [0.717, 1.165) is 22.6 Å². The second-order valence-corrected chi connectivity index (χ2v) is 17.8. The summed E-state index contributed by atoms with van der Waals surface area (Å²) in [7, 11) is 0. The van der Waals surface area contributed by atoms with Crippen molar-refractivity contribution >= 4 is 38.9 Å². The Kier molecular flexibility index (Phi) is 9.21. The topological polar surface area (TPSA) is 8.17 Å². The molecule has 1 aromatic heterocycles. The molecule has 1 aliphatic rings. The summed E-state index contributed by atoms with van der Waals surface area (Å²) in [6.45, 7) is 4.76. The number of fused-ring (bicyclic) bond motifs is 6. The zero-order valence-corrected chi connectivity index (χ0v) is 36.5. The van der Waals surface area contributed by atoms with E-state index >= 15 is 0 Å². The van der Waals surface area contributed by atoms with E-state index in [1.807, 2.05) is 0 Å². The predicted octanol–water partition coefficient (Wildman–Crippen LogP) is 17.2. The predicted molar refractivity (Wildman–Crippen MR) is 275 cm³/mol. The Balaban J connectivity index is 1.02. The Bertz CT molecular complexity index is 3550. The summed E-state index contributed by atoms with van der Waals surface area (Å²) >= 11 is 0. The summed E-state index contributed by atoms with van der Waals surface area (Å²) in [6.07, 6.45) is 0. The van der Waals surface area contributed by atoms with Crippen molar-refractivity contribution in [3.8, 4) is 61.3 Å². The molecular formula is C63H46N2. The fraction of sp³-hybridized carbons (Fsp3) is 0.0476. The first-order valence-electron chi connectivity index (χ1n) is 22.6. The van der Waals surface area contributed by atoms with Crippen molar-refractivity contribution < 1.29 is 0 Å². The van der Waals surface area contributed by atoms with E-state index < -0.39 is 0 Å². The van der Waals surface area contributed by atoms with Gasteiger partial charge in [-0.2, -0.15) is 0 Å². The molecule has 0 fully saturated rings. The number of aromatic nitrogens is 1. The Morgan fingerprint density at radius 3 is 1.32 bits per heavy atom. The first-order valence-corrected chi connectivity index (χ1v) is 22.6. The molecule has 0 saturated carbocycles. The van der Waals surface area contributed by atoms with Gasteiger partial charge in [-0.1, -0.05) is 190 Å². The van der Waals surface area contributed by atoms with Crippen molar-refractivity contribution in [1.82, 2.24) is 4.57 Å². The summed E-state index contributed by atoms with van der Waals surface area (Å²) in [5.41, 5.74) is 21.7. The molecule has 11 aromatic rings. The van der Waals surface area contributed by atoms with Gasteiger partial charge in [-0.05, 0) is 133 Å². The van der Waals surface area contributed by atoms with Gasteiger partial charge < -0.3 is 9.47 Å². The molecule has 0 bridgehead atoms. The standard InChI is InChI=1S/C63H46N2/c1-63(2)58-29-13-12-27-54(58)55-28-16-30-61(62(55)63)65-59-37-33-49(45-21-10-5-11-22-45)41-56(59)57-42-50(34-38-60(57)65)48-24-15-26-53(40-48)64(51-35-31-46(32-36-51)43-17-6-3-7-18-43)52-25-14-23-47(39-52)44-19-8-4-9-20-44/h3-42H,1-2H3. The third-order valence-corrected chi connectivity index (χ3v) is 13.6. The van der Waals surface area contributed by atoms with E-state index in [9.17, 15) is 0 Å². The first kappa shape index (κ1) is 38.5. The van der Waals surface area contributed by atoms with Gasteiger partial charge in [0.25, 0.3) is 0 Å². The Hall–Kier alpha value is -8.20. The first-order chi connectivity index (χ1) is 32.0. The van der Waals surface area contributed by atoms with Crippen molar-refractivity contribution in [2.45, 2.75) is 19.3 Å². The fourth-order valence-electron chi connectivity index (χ4n) is 10.4. The largest absolute Gasteiger partial charge is 0.310 e. The number of hydrogen-bond acceptors (Lipinski definition) is 1. The molecule has 0 saturated heterocycles. The van der Waals surface area contributed by atoms with Gasteiger partial charge in [0.1, 0.15) is 0 Å². The molecule has 2 heteroatoms. The average molecular weight is 831 g/mol. The monoisotopic (exact) mass is 830 g/mol. The van der Waals surface area contributed by atoms with Gasteiger partial charge in [0.15, 0.2) is 0 Å². The van der Waals surface area contributed by atoms with Crippen LogP contribution in [0.15, 0.2) is 243 Å². The molecule has 0 unspecified atom stereocenters. The zero-order chi connectivity index (χ0) is 43.5. The van der Waals surface area contributed by atoms with Crippen LogP contribution in [0.4, 0.5) is 17.1 Å². The quantitative estimate of drug-likeness (QED) is 0.148. The highest BCUT2D eigenvalue weighted by Crippen LogP contribution is 2.52. The summed E-state index contributed by atoms with van der Waals surface area (Å²) in [4.78, 5) is 2.39. The van der Waals surface area contributed by atoms with Gasteiger partial charge in [0, 0.05) is 33.2 Å². The van der Waals surface area contributed by atoms with E-state index in [4.69, 9.17) is 0 Å². The molecule has 0 aliphatic heterocycles. The number of rotatable bonds is 8. The average Bonchev–Trinajstić information content (AvgIpc) is 3.82. The van der Waals surface area contributed by atoms with Gasteiger partial charge in [0.2, 0.25) is 0 Å². The molecule has 0 atom stereocenters. The van der Waals surface area contributed by atoms with Gasteiger partial charge >= 0.3 is 0 Å². The van der Waals surface area contributed by atoms with Crippen LogP contribution in [-0.2, 0) is 5.41 Å². The normalized spacial score (nSPS) is 12.6. The SMILES string of the molecule is CC1(C)c2ccccc2-c2cccc(-n3c4ccc(-c5ccccc5)cc4c4cc(-c5cccc(N(c6ccc(-c7ccccc7)cc6)c6cccc(-c7ccccc7)c6)c5)ccc43)c21. The minimum atomic E-state index is -0.163. The summed E-state index contributed by atoms with van der Waals surface area (Å²) in [5, 5.41) is 2.47. The van der Waals surface area contributed by atoms with E-state index in [2.05, 4.69) is 266 Å². The van der Waals surface area contributed by atoms with Gasteiger partial charge in [-0.15, -0.1) is 0 Å². The van der Waals surface area contributed by atoms with Crippen molar-refractivity contribution in [3.05, 3.63) is 254 Å². The number of hydrogen-bond donors (Lipinski definition) is 0. The molecular weight excluding hydrogens is 785 g/mol. The van der Waals surface area contributed by atoms with E-state index in [-0.39, 0.29) is 5.41 Å². The lowest BCUT2D eigenvalue weighted by atomic mass is 9.81. The Labute approximate surface area is 381 Å².